The van der Waals surface area contributed by atoms with Crippen LogP contribution in [0, 0.1) is 11.3 Å². The van der Waals surface area contributed by atoms with Crippen LogP contribution in [0.2, 0.25) is 0 Å². The Labute approximate surface area is 225 Å². The maximum atomic E-state index is 12.6. The summed E-state index contributed by atoms with van der Waals surface area (Å²) in [5.41, 5.74) is 5.25. The van der Waals surface area contributed by atoms with Crippen molar-refractivity contribution in [1.82, 2.24) is 19.6 Å². The lowest BCUT2D eigenvalue weighted by atomic mass is 9.86. The number of rotatable bonds is 10. The minimum absolute atomic E-state index is 0.0112. The minimum Gasteiger partial charge on any atom is -0.481 e. The van der Waals surface area contributed by atoms with Gasteiger partial charge in [0.1, 0.15) is 11.4 Å². The molecule has 0 spiro atoms. The van der Waals surface area contributed by atoms with Gasteiger partial charge in [0.25, 0.3) is 0 Å². The Morgan fingerprint density at radius 2 is 1.82 bits per heavy atom. The largest absolute Gasteiger partial charge is 0.481 e. The molecule has 0 aliphatic carbocycles. The molecule has 0 saturated carbocycles. The van der Waals surface area contributed by atoms with Gasteiger partial charge < -0.3 is 30.1 Å². The van der Waals surface area contributed by atoms with Gasteiger partial charge in [-0.05, 0) is 52.9 Å². The fraction of sp³-hybridized carbons (Fsp3) is 0.846. The molecule has 4 N–H and O–H groups in total. The lowest BCUT2D eigenvalue weighted by Gasteiger charge is -2.39. The predicted octanol–water partition coefficient (Wildman–Crippen LogP) is 2.37. The number of hydrogen-bond acceptors (Lipinski definition) is 8. The number of nitrogens with zero attached hydrogens (tertiary/aromatic N) is 4. The first-order valence-electron chi connectivity index (χ1n) is 13.8. The van der Waals surface area contributed by atoms with E-state index in [-0.39, 0.29) is 30.6 Å². The molecule has 12 nitrogen and oxygen atoms in total. The molecule has 0 radical (unpaired) electrons. The molecule has 216 valence electrons. The molecular weight excluding hydrogens is 492 g/mol. The number of hydrogen-bond donors (Lipinski definition) is 3. The van der Waals surface area contributed by atoms with Gasteiger partial charge in [-0.1, -0.05) is 12.8 Å². The number of amidine groups is 1. The van der Waals surface area contributed by atoms with Crippen molar-refractivity contribution in [1.29, 1.82) is 5.41 Å². The summed E-state index contributed by atoms with van der Waals surface area (Å²) < 4.78 is 11.2. The van der Waals surface area contributed by atoms with Crippen molar-refractivity contribution in [2.24, 2.45) is 11.7 Å². The Hall–Kier alpha value is -2.60. The number of likely N-dealkylation sites (tertiary alicyclic amines) is 1. The highest BCUT2D eigenvalue weighted by Gasteiger charge is 2.42. The summed E-state index contributed by atoms with van der Waals surface area (Å²) in [7, 11) is 0. The van der Waals surface area contributed by atoms with E-state index in [0.29, 0.717) is 32.0 Å². The molecule has 3 aliphatic heterocycles. The highest BCUT2D eigenvalue weighted by Crippen LogP contribution is 2.29. The van der Waals surface area contributed by atoms with Crippen molar-refractivity contribution in [2.75, 3.05) is 45.8 Å². The smallest absolute Gasteiger partial charge is 0.411 e. The number of nitrogens with one attached hydrogen (secondary N) is 1. The van der Waals surface area contributed by atoms with Gasteiger partial charge >= 0.3 is 18.2 Å². The van der Waals surface area contributed by atoms with Crippen LogP contribution in [0.3, 0.4) is 0 Å². The van der Waals surface area contributed by atoms with E-state index in [2.05, 4.69) is 9.80 Å². The zero-order valence-corrected chi connectivity index (χ0v) is 23.4. The van der Waals surface area contributed by atoms with E-state index in [9.17, 15) is 14.4 Å². The number of piperazine rings is 1. The summed E-state index contributed by atoms with van der Waals surface area (Å²) in [5, 5.41) is 16.9. The van der Waals surface area contributed by atoms with Crippen molar-refractivity contribution < 1.29 is 29.0 Å². The number of carbonyl (C=O) groups is 3. The Morgan fingerprint density at radius 1 is 1.13 bits per heavy atom. The molecule has 3 aliphatic rings. The first-order chi connectivity index (χ1) is 17.9. The average molecular weight is 539 g/mol. The minimum atomic E-state index is -0.786. The summed E-state index contributed by atoms with van der Waals surface area (Å²) in [6, 6.07) is -0.491. The Kier molecular flexibility index (Phi) is 10.2. The predicted molar refractivity (Wildman–Crippen MR) is 142 cm³/mol. The summed E-state index contributed by atoms with van der Waals surface area (Å²) in [6.45, 7) is 12.2. The number of piperidine rings is 1. The second kappa shape index (κ2) is 13.0. The number of amides is 2. The SMILES string of the molecule is CC1C(N2CCN(CCC(=O)O)CC2)OC(=O)N1CCCCC1CCN(C(=O)OC(C)(C)C)C(C(=N)N)C1. The van der Waals surface area contributed by atoms with Crippen LogP contribution in [0.15, 0.2) is 0 Å². The van der Waals surface area contributed by atoms with Gasteiger partial charge in [0.15, 0.2) is 6.23 Å². The topological polar surface area (TPSA) is 153 Å². The van der Waals surface area contributed by atoms with E-state index in [4.69, 9.17) is 25.7 Å². The van der Waals surface area contributed by atoms with Gasteiger partial charge in [-0.15, -0.1) is 0 Å². The molecule has 12 heteroatoms. The van der Waals surface area contributed by atoms with Gasteiger partial charge in [-0.25, -0.2) is 9.59 Å². The number of carbonyl (C=O) groups excluding carboxylic acids is 2. The van der Waals surface area contributed by atoms with Crippen molar-refractivity contribution in [3.05, 3.63) is 0 Å². The highest BCUT2D eigenvalue weighted by molar-refractivity contribution is 5.86. The maximum absolute atomic E-state index is 12.6. The number of aliphatic carboxylic acids is 1. The normalized spacial score (nSPS) is 27.3. The first-order valence-corrected chi connectivity index (χ1v) is 13.8. The van der Waals surface area contributed by atoms with Crippen LogP contribution in [0.4, 0.5) is 9.59 Å². The molecule has 0 aromatic carbocycles. The number of carboxylic acid groups (broad SMARTS) is 1. The third-order valence-electron chi connectivity index (χ3n) is 7.73. The number of carboxylic acids is 1. The van der Waals surface area contributed by atoms with Crippen LogP contribution in [0.1, 0.15) is 66.2 Å². The molecule has 4 unspecified atom stereocenters. The standard InChI is InChI=1S/C26H46N6O6/c1-18-23(30-15-13-29(14-16-30)11-9-21(33)34)37-24(35)31(18)10-6-5-7-19-8-12-32(20(17-19)22(27)28)25(36)38-26(2,3)4/h18-20,23H,5-17H2,1-4H3,(H3,27,28)(H,33,34). The number of unbranched alkanes of at least 4 members (excludes halogenated alkanes) is 1. The Balaban J connectivity index is 1.40. The number of cyclic esters (lactones) is 1. The van der Waals surface area contributed by atoms with E-state index >= 15 is 0 Å². The zero-order valence-electron chi connectivity index (χ0n) is 23.4. The van der Waals surface area contributed by atoms with Gasteiger partial charge in [-0.2, -0.15) is 0 Å². The second-order valence-electron chi connectivity index (χ2n) is 11.8. The average Bonchev–Trinajstić information content (AvgIpc) is 3.12. The van der Waals surface area contributed by atoms with Crippen LogP contribution >= 0.6 is 0 Å². The van der Waals surface area contributed by atoms with Crippen molar-refractivity contribution in [2.45, 2.75) is 90.1 Å². The van der Waals surface area contributed by atoms with Gasteiger partial charge in [0.2, 0.25) is 0 Å². The molecule has 2 amide bonds. The van der Waals surface area contributed by atoms with Crippen molar-refractivity contribution in [3.8, 4) is 0 Å². The molecule has 0 aromatic rings. The molecule has 3 fully saturated rings. The van der Waals surface area contributed by atoms with E-state index in [0.717, 1.165) is 51.9 Å². The van der Waals surface area contributed by atoms with Crippen LogP contribution < -0.4 is 5.73 Å². The molecule has 3 rings (SSSR count). The Morgan fingerprint density at radius 3 is 2.42 bits per heavy atom. The summed E-state index contributed by atoms with van der Waals surface area (Å²) >= 11 is 0. The van der Waals surface area contributed by atoms with Crippen LogP contribution in [-0.2, 0) is 14.3 Å². The molecule has 3 saturated heterocycles. The summed E-state index contributed by atoms with van der Waals surface area (Å²) in [5.74, 6) is -0.440. The third-order valence-corrected chi connectivity index (χ3v) is 7.73. The van der Waals surface area contributed by atoms with E-state index in [1.807, 2.05) is 32.6 Å². The number of ether oxygens (including phenoxy) is 2. The van der Waals surface area contributed by atoms with Gasteiger partial charge in [0, 0.05) is 45.8 Å². The lowest BCUT2D eigenvalue weighted by molar-refractivity contribution is -0.137. The Bertz CT molecular complexity index is 856. The van der Waals surface area contributed by atoms with E-state index < -0.39 is 23.7 Å². The first kappa shape index (κ1) is 29.9. The molecular formula is C26H46N6O6. The third kappa shape index (κ3) is 8.20. The molecule has 3 heterocycles. The molecule has 38 heavy (non-hydrogen) atoms. The summed E-state index contributed by atoms with van der Waals surface area (Å²) in [4.78, 5) is 43.7. The highest BCUT2D eigenvalue weighted by atomic mass is 16.6. The lowest BCUT2D eigenvalue weighted by Crippen LogP contribution is -2.53. The fourth-order valence-electron chi connectivity index (χ4n) is 5.61. The maximum Gasteiger partial charge on any atom is 0.411 e. The van der Waals surface area contributed by atoms with Crippen LogP contribution in [0.25, 0.3) is 0 Å². The van der Waals surface area contributed by atoms with Gasteiger partial charge in [-0.3, -0.25) is 20.0 Å². The van der Waals surface area contributed by atoms with Crippen LogP contribution in [0.5, 0.6) is 0 Å². The monoisotopic (exact) mass is 538 g/mol. The van der Waals surface area contributed by atoms with Crippen LogP contribution in [-0.4, -0.2) is 118 Å². The molecule has 4 atom stereocenters. The zero-order chi connectivity index (χ0) is 28.0. The van der Waals surface area contributed by atoms with Crippen molar-refractivity contribution >= 4 is 24.0 Å². The van der Waals surface area contributed by atoms with Gasteiger partial charge in [0.05, 0.1) is 18.5 Å². The second-order valence-corrected chi connectivity index (χ2v) is 11.8. The quantitative estimate of drug-likeness (QED) is 0.216. The number of nitrogens with two attached hydrogens (primary N) is 1. The van der Waals surface area contributed by atoms with E-state index in [1.165, 1.54) is 0 Å². The van der Waals surface area contributed by atoms with E-state index in [1.54, 1.807) is 4.90 Å². The fourth-order valence-corrected chi connectivity index (χ4v) is 5.61. The molecule has 0 aromatic heterocycles. The molecule has 0 bridgehead atoms. The summed E-state index contributed by atoms with van der Waals surface area (Å²) in [6.07, 6.45) is 3.39. The van der Waals surface area contributed by atoms with Crippen molar-refractivity contribution in [3.63, 3.8) is 0 Å².